The zero-order valence-electron chi connectivity index (χ0n) is 13.7. The minimum absolute atomic E-state index is 0.0427. The number of hydrogen-bond acceptors (Lipinski definition) is 9. The monoisotopic (exact) mass is 374 g/mol. The minimum Gasteiger partial charge on any atom is -0.454 e. The van der Waals surface area contributed by atoms with E-state index >= 15 is 0 Å². The lowest BCUT2D eigenvalue weighted by Crippen LogP contribution is -2.01. The van der Waals surface area contributed by atoms with Gasteiger partial charge in [0.15, 0.2) is 33.6 Å². The van der Waals surface area contributed by atoms with Crippen LogP contribution >= 0.6 is 11.8 Å². The van der Waals surface area contributed by atoms with Crippen LogP contribution < -0.4 is 15.2 Å². The highest BCUT2D eigenvalue weighted by Gasteiger charge is 2.26. The van der Waals surface area contributed by atoms with Crippen molar-refractivity contribution in [3.05, 3.63) is 28.6 Å². The van der Waals surface area contributed by atoms with Crippen LogP contribution in [0, 0.1) is 10.1 Å². The summed E-state index contributed by atoms with van der Waals surface area (Å²) in [6, 6.07) is 2.96. The largest absolute Gasteiger partial charge is 0.454 e. The molecule has 0 spiro atoms. The van der Waals surface area contributed by atoms with Gasteiger partial charge < -0.3 is 19.8 Å². The standard InChI is InChI=1S/C15H14N6O4S/c1-2-3-20-14-12(13(16)17-6-18-14)19-15(20)26-11-5-10-9(24-7-25-10)4-8(11)21(22)23/h4-6H,2-3,7H2,1H3,(H2,16,17,18). The third-order valence-electron chi connectivity index (χ3n) is 3.82. The van der Waals surface area contributed by atoms with E-state index in [1.165, 1.54) is 12.4 Å². The van der Waals surface area contributed by atoms with Crippen molar-refractivity contribution in [3.8, 4) is 11.5 Å². The van der Waals surface area contributed by atoms with Gasteiger partial charge in [-0.3, -0.25) is 10.1 Å². The number of ether oxygens (including phenoxy) is 2. The molecule has 10 nitrogen and oxygen atoms in total. The molecule has 3 aromatic rings. The molecule has 4 rings (SSSR count). The quantitative estimate of drug-likeness (QED) is 0.528. The number of nitro groups is 1. The Hall–Kier alpha value is -3.08. The summed E-state index contributed by atoms with van der Waals surface area (Å²) in [5.74, 6) is 1.10. The molecule has 26 heavy (non-hydrogen) atoms. The maximum Gasteiger partial charge on any atom is 0.287 e. The molecule has 0 saturated heterocycles. The lowest BCUT2D eigenvalue weighted by molar-refractivity contribution is -0.387. The Morgan fingerprint density at radius 2 is 2.12 bits per heavy atom. The molecule has 0 amide bonds. The average Bonchev–Trinajstić information content (AvgIpc) is 3.20. The van der Waals surface area contributed by atoms with Crippen molar-refractivity contribution < 1.29 is 14.4 Å². The SMILES string of the molecule is CCCn1c(Sc2cc3c(cc2[N+](=O)[O-])OCO3)nc2c(N)ncnc21. The van der Waals surface area contributed by atoms with Gasteiger partial charge in [-0.05, 0) is 18.2 Å². The van der Waals surface area contributed by atoms with Gasteiger partial charge in [-0.1, -0.05) is 6.92 Å². The van der Waals surface area contributed by atoms with Crippen LogP contribution in [0.15, 0.2) is 28.5 Å². The van der Waals surface area contributed by atoms with Crippen LogP contribution in [0.5, 0.6) is 11.5 Å². The van der Waals surface area contributed by atoms with Crippen LogP contribution in [-0.2, 0) is 6.54 Å². The highest BCUT2D eigenvalue weighted by Crippen LogP contribution is 2.44. The Bertz CT molecular complexity index is 1020. The second-order valence-electron chi connectivity index (χ2n) is 5.51. The van der Waals surface area contributed by atoms with Crippen molar-refractivity contribution in [2.75, 3.05) is 12.5 Å². The molecule has 1 aliphatic rings. The first-order valence-corrected chi connectivity index (χ1v) is 8.62. The fourth-order valence-corrected chi connectivity index (χ4v) is 3.70. The number of aromatic nitrogens is 4. The zero-order valence-corrected chi connectivity index (χ0v) is 14.5. The zero-order chi connectivity index (χ0) is 18.3. The van der Waals surface area contributed by atoms with Crippen molar-refractivity contribution in [2.45, 2.75) is 29.9 Å². The normalized spacial score (nSPS) is 12.7. The Labute approximate surface area is 151 Å². The number of anilines is 1. The molecule has 0 fully saturated rings. The highest BCUT2D eigenvalue weighted by atomic mass is 32.2. The van der Waals surface area contributed by atoms with Gasteiger partial charge in [-0.2, -0.15) is 0 Å². The molecule has 0 bridgehead atoms. The van der Waals surface area contributed by atoms with Crippen molar-refractivity contribution in [3.63, 3.8) is 0 Å². The van der Waals surface area contributed by atoms with Gasteiger partial charge in [0.2, 0.25) is 6.79 Å². The molecule has 0 saturated carbocycles. The topological polar surface area (TPSA) is 131 Å². The molecule has 2 aromatic heterocycles. The van der Waals surface area contributed by atoms with E-state index < -0.39 is 4.92 Å². The van der Waals surface area contributed by atoms with E-state index in [0.717, 1.165) is 18.2 Å². The van der Waals surface area contributed by atoms with E-state index in [0.29, 0.717) is 39.3 Å². The second-order valence-corrected chi connectivity index (χ2v) is 6.52. The first-order valence-electron chi connectivity index (χ1n) is 7.81. The molecule has 1 aliphatic heterocycles. The molecule has 0 unspecified atom stereocenters. The fraction of sp³-hybridized carbons (Fsp3) is 0.267. The van der Waals surface area contributed by atoms with E-state index in [1.807, 2.05) is 11.5 Å². The predicted molar refractivity (Wildman–Crippen MR) is 93.4 cm³/mol. The summed E-state index contributed by atoms with van der Waals surface area (Å²) >= 11 is 1.16. The maximum absolute atomic E-state index is 11.5. The molecule has 0 atom stereocenters. The molecule has 0 aliphatic carbocycles. The highest BCUT2D eigenvalue weighted by molar-refractivity contribution is 7.99. The smallest absolute Gasteiger partial charge is 0.287 e. The number of benzene rings is 1. The fourth-order valence-electron chi connectivity index (χ4n) is 2.67. The molecular weight excluding hydrogens is 360 g/mol. The number of aryl methyl sites for hydroxylation is 1. The van der Waals surface area contributed by atoms with Crippen LogP contribution in [-0.4, -0.2) is 31.2 Å². The number of nitro benzene ring substituents is 1. The summed E-state index contributed by atoms with van der Waals surface area (Å²) in [6.07, 6.45) is 2.22. The summed E-state index contributed by atoms with van der Waals surface area (Å²) in [6.45, 7) is 2.71. The summed E-state index contributed by atoms with van der Waals surface area (Å²) in [7, 11) is 0. The van der Waals surface area contributed by atoms with Crippen LogP contribution in [0.2, 0.25) is 0 Å². The molecular formula is C15H14N6O4S. The Morgan fingerprint density at radius 1 is 1.35 bits per heavy atom. The van der Waals surface area contributed by atoms with E-state index in [2.05, 4.69) is 15.0 Å². The van der Waals surface area contributed by atoms with Crippen molar-refractivity contribution in [1.82, 2.24) is 19.5 Å². The number of fused-ring (bicyclic) bond motifs is 2. The van der Waals surface area contributed by atoms with Crippen LogP contribution in [0.3, 0.4) is 0 Å². The van der Waals surface area contributed by atoms with Gasteiger partial charge in [0.25, 0.3) is 5.69 Å². The van der Waals surface area contributed by atoms with Crippen molar-refractivity contribution in [1.29, 1.82) is 0 Å². The number of imidazole rings is 1. The Morgan fingerprint density at radius 3 is 2.85 bits per heavy atom. The molecule has 134 valence electrons. The van der Waals surface area contributed by atoms with Crippen molar-refractivity contribution >= 4 is 34.4 Å². The van der Waals surface area contributed by atoms with Crippen LogP contribution in [0.1, 0.15) is 13.3 Å². The summed E-state index contributed by atoms with van der Waals surface area (Å²) in [4.78, 5) is 24.1. The van der Waals surface area contributed by atoms with E-state index in [9.17, 15) is 10.1 Å². The molecule has 2 N–H and O–H groups in total. The number of nitrogens with two attached hydrogens (primary N) is 1. The number of nitrogen functional groups attached to an aromatic ring is 1. The Balaban J connectivity index is 1.84. The predicted octanol–water partition coefficient (Wildman–Crippen LogP) is 2.61. The lowest BCUT2D eigenvalue weighted by Gasteiger charge is -2.07. The van der Waals surface area contributed by atoms with Gasteiger partial charge in [0.05, 0.1) is 15.9 Å². The van der Waals surface area contributed by atoms with Crippen LogP contribution in [0.25, 0.3) is 11.2 Å². The second kappa shape index (κ2) is 6.33. The van der Waals surface area contributed by atoms with Crippen LogP contribution in [0.4, 0.5) is 11.5 Å². The number of hydrogen-bond donors (Lipinski definition) is 1. The van der Waals surface area contributed by atoms with Gasteiger partial charge in [-0.25, -0.2) is 15.0 Å². The van der Waals surface area contributed by atoms with Gasteiger partial charge in [-0.15, -0.1) is 0 Å². The number of nitrogens with zero attached hydrogens (tertiary/aromatic N) is 5. The molecule has 11 heteroatoms. The van der Waals surface area contributed by atoms with Gasteiger partial charge in [0.1, 0.15) is 6.33 Å². The molecule has 3 heterocycles. The maximum atomic E-state index is 11.5. The van der Waals surface area contributed by atoms with Gasteiger partial charge in [0, 0.05) is 12.6 Å². The van der Waals surface area contributed by atoms with E-state index in [1.54, 1.807) is 6.07 Å². The number of rotatable bonds is 5. The summed E-state index contributed by atoms with van der Waals surface area (Å²) in [5, 5.41) is 12.0. The molecule has 1 aromatic carbocycles. The third kappa shape index (κ3) is 2.65. The van der Waals surface area contributed by atoms with E-state index in [4.69, 9.17) is 15.2 Å². The molecule has 0 radical (unpaired) electrons. The summed E-state index contributed by atoms with van der Waals surface area (Å²) in [5.41, 5.74) is 6.90. The van der Waals surface area contributed by atoms with Gasteiger partial charge >= 0.3 is 0 Å². The minimum atomic E-state index is -0.453. The third-order valence-corrected chi connectivity index (χ3v) is 4.87. The first-order chi connectivity index (χ1) is 12.6. The van der Waals surface area contributed by atoms with E-state index in [-0.39, 0.29) is 18.3 Å². The first kappa shape index (κ1) is 16.4. The van der Waals surface area contributed by atoms with Crippen molar-refractivity contribution in [2.24, 2.45) is 0 Å². The average molecular weight is 374 g/mol. The summed E-state index contributed by atoms with van der Waals surface area (Å²) < 4.78 is 12.4. The lowest BCUT2D eigenvalue weighted by atomic mass is 10.3. The Kier molecular flexibility index (Phi) is 3.99.